The van der Waals surface area contributed by atoms with E-state index in [4.69, 9.17) is 42.9 Å². The molecule has 7 aliphatic carbocycles. The Labute approximate surface area is 812 Å². The lowest BCUT2D eigenvalue weighted by atomic mass is 9.85. The topological polar surface area (TPSA) is 496 Å². The van der Waals surface area contributed by atoms with Gasteiger partial charge >= 0.3 is 42.3 Å². The highest BCUT2D eigenvalue weighted by atomic mass is 16.6. The van der Waals surface area contributed by atoms with Crippen molar-refractivity contribution in [3.8, 4) is 68.5 Å². The van der Waals surface area contributed by atoms with E-state index in [0.29, 0.717) is 154 Å². The number of benzene rings is 1. The van der Waals surface area contributed by atoms with E-state index < -0.39 is 24.0 Å². The fraction of sp³-hybridized carbons (Fsp3) is 0.571. The molecule has 7 fully saturated rings. The Kier molecular flexibility index (Phi) is 35.1. The summed E-state index contributed by atoms with van der Waals surface area (Å²) in [6.45, 7) is 9.15. The van der Waals surface area contributed by atoms with Crippen molar-refractivity contribution in [1.82, 2.24) is 120 Å². The molecule has 7 aliphatic rings. The van der Waals surface area contributed by atoms with Crippen LogP contribution in [0.4, 0.5) is 19.2 Å². The highest BCUT2D eigenvalue weighted by Crippen LogP contribution is 2.39. The van der Waals surface area contributed by atoms with Gasteiger partial charge in [0.05, 0.1) is 94.3 Å². The van der Waals surface area contributed by atoms with E-state index in [1.165, 1.54) is 38.5 Å². The summed E-state index contributed by atoms with van der Waals surface area (Å²) in [5.74, 6) is 1.36. The lowest BCUT2D eigenvalue weighted by molar-refractivity contribution is -0.144. The van der Waals surface area contributed by atoms with Crippen LogP contribution in [0.5, 0.6) is 23.0 Å². The van der Waals surface area contributed by atoms with Gasteiger partial charge in [0.2, 0.25) is 0 Å². The zero-order valence-corrected chi connectivity index (χ0v) is 81.9. The summed E-state index contributed by atoms with van der Waals surface area (Å²) < 4.78 is 53.1. The predicted octanol–water partition coefficient (Wildman–Crippen LogP) is 14.7. The Bertz CT molecular complexity index is 5820. The molecule has 0 radical (unpaired) electrons. The van der Waals surface area contributed by atoms with Crippen LogP contribution in [0.25, 0.3) is 45.6 Å². The van der Waals surface area contributed by atoms with Crippen molar-refractivity contribution in [1.29, 1.82) is 0 Å². The van der Waals surface area contributed by atoms with Gasteiger partial charge in [-0.05, 0) is 235 Å². The third-order valence-electron chi connectivity index (χ3n) is 27.8. The van der Waals surface area contributed by atoms with Crippen molar-refractivity contribution < 1.29 is 86.8 Å². The lowest BCUT2D eigenvalue weighted by Crippen LogP contribution is -2.35. The first kappa shape index (κ1) is 102. The Balaban J connectivity index is 0.000000149. The average Bonchev–Trinajstić information content (AvgIpc) is 1.62. The molecule has 0 unspecified atom stereocenters. The molecule has 0 saturated heterocycles. The number of carbonyl (C=O) groups is 7. The molecule has 10 aromatic rings. The van der Waals surface area contributed by atoms with Gasteiger partial charge in [-0.3, -0.25) is 19.4 Å². The van der Waals surface area contributed by atoms with Crippen LogP contribution in [-0.4, -0.2) is 249 Å². The number of carboxylic acids is 3. The number of aromatic nitrogens is 20. The molecule has 17 rings (SSSR count). The van der Waals surface area contributed by atoms with E-state index in [1.54, 1.807) is 125 Å². The van der Waals surface area contributed by atoms with Crippen LogP contribution in [-0.2, 0) is 87.9 Å². The molecule has 42 heteroatoms. The van der Waals surface area contributed by atoms with E-state index in [2.05, 4.69) is 76.8 Å². The average molecular weight is 1930 g/mol. The number of hydrogen-bond donors (Lipinski definition) is 4. The summed E-state index contributed by atoms with van der Waals surface area (Å²) in [5.41, 5.74) is 10.4. The van der Waals surface area contributed by atoms with Crippen LogP contribution in [0.15, 0.2) is 85.1 Å². The van der Waals surface area contributed by atoms with Gasteiger partial charge in [0.1, 0.15) is 95.0 Å². The minimum atomic E-state index is -0.768. The molecule has 7 saturated carbocycles. The number of H-pyrrole nitrogens is 1. The van der Waals surface area contributed by atoms with E-state index in [-0.39, 0.29) is 105 Å². The minimum absolute atomic E-state index is 0.0128. The zero-order chi connectivity index (χ0) is 99.2. The van der Waals surface area contributed by atoms with E-state index >= 15 is 0 Å². The normalized spacial score (nSPS) is 19.9. The van der Waals surface area contributed by atoms with Crippen LogP contribution >= 0.6 is 0 Å². The van der Waals surface area contributed by atoms with Crippen LogP contribution in [0.1, 0.15) is 237 Å². The molecular formula is C98H130N24O18. The number of tetrazole rings is 1. The minimum Gasteiger partial charge on any atom is -0.489 e. The smallest absolute Gasteiger partial charge is 0.410 e. The molecule has 750 valence electrons. The molecule has 4 amide bonds. The highest BCUT2D eigenvalue weighted by Gasteiger charge is 2.36. The number of aryl methyl sites for hydroxylation is 7. The van der Waals surface area contributed by atoms with Crippen molar-refractivity contribution in [2.24, 2.45) is 57.8 Å². The number of hydrogen-bond acceptors (Lipinski definition) is 30. The monoisotopic (exact) mass is 1930 g/mol. The van der Waals surface area contributed by atoms with Crippen molar-refractivity contribution in [2.75, 3.05) is 41.3 Å². The molecule has 0 bridgehead atoms. The maximum atomic E-state index is 12.7. The van der Waals surface area contributed by atoms with E-state index in [1.807, 2.05) is 82.3 Å². The third kappa shape index (κ3) is 26.8. The van der Waals surface area contributed by atoms with Crippen molar-refractivity contribution in [3.05, 3.63) is 136 Å². The SMILES string of the molecule is CN(C(=O)OCc1c(-c2ccc(O[C@H]3CCC[C@H](C(=O)O)C3)cn2)nnn1C)C1CCCC1.Cc1nc(-c2nnn(C)c2COC(=O)N(C)CC2CCC2)ccc1O[C@@H]1CCC[C@@H](C(=O)O)C1.Cc1nc(-c2nnn(C)c2COC(=O)N(C)CC2CCC2)ccc1O[C@H]1CCC[C@H](c2nn[nH]n2)C1.Cc1nc(-c2nnn(C)c2COC(=O)N(C)[C@H](C)c2ccccc2)ccc1O[C@H]1CCC[C@H](C(=O)O)C1. The summed E-state index contributed by atoms with van der Waals surface area (Å²) in [4.78, 5) is 109. The summed E-state index contributed by atoms with van der Waals surface area (Å²) in [6.07, 6.45) is 23.7. The van der Waals surface area contributed by atoms with Gasteiger partial charge in [-0.2, -0.15) is 5.21 Å². The van der Waals surface area contributed by atoms with E-state index in [0.717, 1.165) is 119 Å². The molecule has 0 aliphatic heterocycles. The van der Waals surface area contributed by atoms with Gasteiger partial charge in [0.15, 0.2) is 5.82 Å². The van der Waals surface area contributed by atoms with Gasteiger partial charge in [-0.15, -0.1) is 30.6 Å². The van der Waals surface area contributed by atoms with Crippen LogP contribution in [0.2, 0.25) is 0 Å². The van der Waals surface area contributed by atoms with Gasteiger partial charge < -0.3 is 72.8 Å². The number of ether oxygens (including phenoxy) is 8. The van der Waals surface area contributed by atoms with Crippen molar-refractivity contribution in [3.63, 3.8) is 0 Å². The molecule has 9 aromatic heterocycles. The van der Waals surface area contributed by atoms with Crippen molar-refractivity contribution >= 4 is 42.3 Å². The van der Waals surface area contributed by atoms with Crippen LogP contribution in [0, 0.1) is 50.4 Å². The largest absolute Gasteiger partial charge is 0.489 e. The predicted molar refractivity (Wildman–Crippen MR) is 506 cm³/mol. The standard InChI is InChI=1S/C27H33N5O5.C24H33N9O3.C24H33N5O5.C23H31N5O5/c1-17-24(37-21-12-8-11-20(15-21)26(33)34)14-13-22(28-17)25-23(32(4)30-29-25)16-36-27(35)31(3)18(2)19-9-6-5-7-10-19;1-15-21(36-18-9-5-8-17(12-18)23-27-29-30-28-23)11-10-19(25-15)22-20(33(3)31-26-22)14-35-24(34)32(2)13-16-6-4-7-16;1-15-21(34-18-9-5-8-17(12-18)23(30)31)11-10-19(25-15)22-20(29(3)27-26-22)14-33-24(32)28(2)13-16-6-4-7-16;1-27(16-7-3-4-8-16)23(31)32-14-20-21(25-26-28(20)2)19-11-10-18(13-24-19)33-17-9-5-6-15(12-17)22(29)30/h5-7,9-10,13-14,18,20-21H,8,11-12,15-16H2,1-4H3,(H,33,34);10-11,16-18H,4-9,12-14H2,1-3H3,(H,27,28,29,30);10-11,16-18H,4-9,12-14H2,1-3H3,(H,30,31);10-11,13,15-17H,3-9,12,14H2,1-2H3,(H,29,30)/t18-,20+,21+;2*17-,18-;15-,17-/m1010/s1. The lowest BCUT2D eigenvalue weighted by Gasteiger charge is -2.29. The zero-order valence-electron chi connectivity index (χ0n) is 81.9. The molecule has 140 heavy (non-hydrogen) atoms. The molecular weight excluding hydrogens is 1800 g/mol. The first-order valence-corrected chi connectivity index (χ1v) is 48.6. The number of nitrogens with one attached hydrogen (secondary N) is 1. The van der Waals surface area contributed by atoms with Gasteiger partial charge in [-0.1, -0.05) is 82.1 Å². The Morgan fingerprint density at radius 1 is 0.414 bits per heavy atom. The number of carbonyl (C=O) groups excluding carboxylic acids is 4. The maximum absolute atomic E-state index is 12.7. The molecule has 4 N–H and O–H groups in total. The fourth-order valence-corrected chi connectivity index (χ4v) is 18.7. The number of aliphatic carboxylic acids is 3. The summed E-state index contributed by atoms with van der Waals surface area (Å²) in [6, 6.07) is 24.5. The second-order valence-corrected chi connectivity index (χ2v) is 37.8. The third-order valence-corrected chi connectivity index (χ3v) is 27.8. The number of nitrogens with zero attached hydrogens (tertiary/aromatic N) is 23. The molecule has 9 heterocycles. The van der Waals surface area contributed by atoms with Gasteiger partial charge in [0.25, 0.3) is 0 Å². The van der Waals surface area contributed by atoms with Crippen LogP contribution in [0.3, 0.4) is 0 Å². The number of amides is 4. The first-order valence-electron chi connectivity index (χ1n) is 48.6. The number of carboxylic acid groups (broad SMARTS) is 3. The second kappa shape index (κ2) is 48.1. The number of rotatable bonds is 31. The fourth-order valence-electron chi connectivity index (χ4n) is 18.7. The van der Waals surface area contributed by atoms with Gasteiger partial charge in [-0.25, -0.2) is 52.9 Å². The molecule has 0 spiro atoms. The summed E-state index contributed by atoms with van der Waals surface area (Å²) in [7, 11) is 14.1. The summed E-state index contributed by atoms with van der Waals surface area (Å²) >= 11 is 0. The molecule has 1 aromatic carbocycles. The first-order chi connectivity index (χ1) is 67.4. The Hall–Kier alpha value is -13.9. The molecule has 42 nitrogen and oxygen atoms in total. The van der Waals surface area contributed by atoms with Gasteiger partial charge in [0, 0.05) is 81.4 Å². The molecule has 9 atom stereocenters. The number of aromatic amines is 1. The second-order valence-electron chi connectivity index (χ2n) is 37.8. The van der Waals surface area contributed by atoms with E-state index in [9.17, 15) is 48.9 Å². The Morgan fingerprint density at radius 3 is 1.16 bits per heavy atom. The maximum Gasteiger partial charge on any atom is 0.410 e. The quantitative estimate of drug-likeness (QED) is 0.0293. The van der Waals surface area contributed by atoms with Crippen LogP contribution < -0.4 is 18.9 Å². The highest BCUT2D eigenvalue weighted by molar-refractivity contribution is 5.73. The van der Waals surface area contributed by atoms with Crippen molar-refractivity contribution in [2.45, 2.75) is 263 Å². The number of pyridine rings is 4. The summed E-state index contributed by atoms with van der Waals surface area (Å²) in [5, 5.41) is 75.8. The Morgan fingerprint density at radius 2 is 0.786 bits per heavy atom.